The lowest BCUT2D eigenvalue weighted by atomic mass is 9.94. The second kappa shape index (κ2) is 9.09. The van der Waals surface area contributed by atoms with Crippen molar-refractivity contribution < 1.29 is 9.59 Å². The van der Waals surface area contributed by atoms with Crippen molar-refractivity contribution in [3.63, 3.8) is 0 Å². The molecule has 0 aliphatic carbocycles. The van der Waals surface area contributed by atoms with E-state index in [1.807, 2.05) is 36.2 Å². The number of fused-ring (bicyclic) bond motifs is 1. The summed E-state index contributed by atoms with van der Waals surface area (Å²) in [5.74, 6) is 2.28. The van der Waals surface area contributed by atoms with Crippen LogP contribution >= 0.6 is 0 Å². The summed E-state index contributed by atoms with van der Waals surface area (Å²) in [7, 11) is 4.05. The van der Waals surface area contributed by atoms with E-state index in [1.54, 1.807) is 4.90 Å². The van der Waals surface area contributed by atoms with E-state index in [0.29, 0.717) is 25.1 Å². The van der Waals surface area contributed by atoms with E-state index in [-0.39, 0.29) is 17.7 Å². The summed E-state index contributed by atoms with van der Waals surface area (Å²) in [5.41, 5.74) is 3.84. The number of benzene rings is 1. The fraction of sp³-hybridized carbons (Fsp3) is 0.520. The van der Waals surface area contributed by atoms with E-state index in [1.165, 1.54) is 5.56 Å². The minimum atomic E-state index is 0.0332. The molecule has 1 N–H and O–H groups in total. The molecule has 2 amide bonds. The number of carbonyl (C=O) groups excluding carboxylic acids is 2. The zero-order valence-electron chi connectivity index (χ0n) is 19.5. The SMILES string of the molecule is CNc1nc(C2CCN(C(=O)c3cccc(N4CCCC4=O)c3)CC2)nc2c1CCN(C)C2. The first-order chi connectivity index (χ1) is 16.0. The van der Waals surface area contributed by atoms with Gasteiger partial charge in [0.1, 0.15) is 11.6 Å². The first-order valence-corrected chi connectivity index (χ1v) is 12.0. The van der Waals surface area contributed by atoms with Crippen molar-refractivity contribution in [1.82, 2.24) is 19.8 Å². The number of likely N-dealkylation sites (N-methyl/N-ethyl adjacent to an activating group) is 1. The monoisotopic (exact) mass is 448 g/mol. The van der Waals surface area contributed by atoms with Crippen LogP contribution in [0.25, 0.3) is 0 Å². The van der Waals surface area contributed by atoms with E-state index in [0.717, 1.165) is 68.3 Å². The standard InChI is InChI=1S/C25H32N6O2/c1-26-24-20-10-12-29(2)16-21(20)27-23(28-24)17-8-13-30(14-9-17)25(33)18-5-3-6-19(15-18)31-11-4-7-22(31)32/h3,5-6,15,17H,4,7-14,16H2,1-2H3,(H,26,27,28). The predicted octanol–water partition coefficient (Wildman–Crippen LogP) is 2.65. The molecule has 0 atom stereocenters. The number of hydrogen-bond acceptors (Lipinski definition) is 6. The predicted molar refractivity (Wildman–Crippen MR) is 128 cm³/mol. The normalized spacial score (nSPS) is 19.6. The molecule has 1 aromatic carbocycles. The van der Waals surface area contributed by atoms with Crippen LogP contribution in [0.3, 0.4) is 0 Å². The molecule has 4 heterocycles. The van der Waals surface area contributed by atoms with Crippen molar-refractivity contribution in [2.24, 2.45) is 0 Å². The Bertz CT molecular complexity index is 1060. The van der Waals surface area contributed by atoms with Crippen LogP contribution < -0.4 is 10.2 Å². The van der Waals surface area contributed by atoms with Gasteiger partial charge in [-0.2, -0.15) is 0 Å². The lowest BCUT2D eigenvalue weighted by molar-refractivity contribution is -0.117. The van der Waals surface area contributed by atoms with Crippen molar-refractivity contribution in [1.29, 1.82) is 0 Å². The van der Waals surface area contributed by atoms with Crippen LogP contribution in [-0.4, -0.2) is 71.9 Å². The zero-order chi connectivity index (χ0) is 22.9. The molecule has 33 heavy (non-hydrogen) atoms. The second-order valence-corrected chi connectivity index (χ2v) is 9.36. The van der Waals surface area contributed by atoms with Gasteiger partial charge in [0.15, 0.2) is 0 Å². The number of aromatic nitrogens is 2. The molecule has 3 aliphatic heterocycles. The summed E-state index contributed by atoms with van der Waals surface area (Å²) in [6, 6.07) is 7.50. The molecule has 0 unspecified atom stereocenters. The van der Waals surface area contributed by atoms with E-state index < -0.39 is 0 Å². The van der Waals surface area contributed by atoms with Crippen LogP contribution in [0.1, 0.15) is 59.0 Å². The van der Waals surface area contributed by atoms with E-state index in [4.69, 9.17) is 9.97 Å². The van der Waals surface area contributed by atoms with Gasteiger partial charge in [0.25, 0.3) is 5.91 Å². The van der Waals surface area contributed by atoms with E-state index >= 15 is 0 Å². The lowest BCUT2D eigenvalue weighted by Gasteiger charge is -2.33. The van der Waals surface area contributed by atoms with Crippen LogP contribution in [0.5, 0.6) is 0 Å². The third kappa shape index (κ3) is 4.31. The third-order valence-corrected chi connectivity index (χ3v) is 7.14. The molecule has 0 radical (unpaired) electrons. The summed E-state index contributed by atoms with van der Waals surface area (Å²) in [5, 5.41) is 3.27. The van der Waals surface area contributed by atoms with Crippen LogP contribution in [0.15, 0.2) is 24.3 Å². The highest BCUT2D eigenvalue weighted by atomic mass is 16.2. The Kier molecular flexibility index (Phi) is 6.01. The fourth-order valence-corrected chi connectivity index (χ4v) is 5.22. The average molecular weight is 449 g/mol. The highest BCUT2D eigenvalue weighted by Crippen LogP contribution is 2.31. The smallest absolute Gasteiger partial charge is 0.253 e. The van der Waals surface area contributed by atoms with Crippen LogP contribution in [0.4, 0.5) is 11.5 Å². The Morgan fingerprint density at radius 2 is 1.91 bits per heavy atom. The number of nitrogens with zero attached hydrogens (tertiary/aromatic N) is 5. The van der Waals surface area contributed by atoms with Crippen molar-refractivity contribution >= 4 is 23.3 Å². The number of carbonyl (C=O) groups is 2. The van der Waals surface area contributed by atoms with Gasteiger partial charge < -0.3 is 20.0 Å². The molecule has 8 nitrogen and oxygen atoms in total. The lowest BCUT2D eigenvalue weighted by Crippen LogP contribution is -2.38. The van der Waals surface area contributed by atoms with Gasteiger partial charge in [-0.1, -0.05) is 6.07 Å². The number of amides is 2. The van der Waals surface area contributed by atoms with Crippen LogP contribution in [-0.2, 0) is 17.8 Å². The Hall–Kier alpha value is -3.00. The number of nitrogens with one attached hydrogen (secondary N) is 1. The molecule has 8 heteroatoms. The van der Waals surface area contributed by atoms with Gasteiger partial charge in [-0.3, -0.25) is 9.59 Å². The largest absolute Gasteiger partial charge is 0.373 e. The molecule has 0 saturated carbocycles. The van der Waals surface area contributed by atoms with Gasteiger partial charge in [0, 0.05) is 68.9 Å². The maximum Gasteiger partial charge on any atom is 0.253 e. The van der Waals surface area contributed by atoms with E-state index in [9.17, 15) is 9.59 Å². The van der Waals surface area contributed by atoms with Gasteiger partial charge in [-0.15, -0.1) is 0 Å². The molecule has 5 rings (SSSR count). The summed E-state index contributed by atoms with van der Waals surface area (Å²) in [4.78, 5) is 41.1. The molecule has 174 valence electrons. The maximum absolute atomic E-state index is 13.2. The van der Waals surface area contributed by atoms with Crippen LogP contribution in [0.2, 0.25) is 0 Å². The molecule has 0 spiro atoms. The number of hydrogen-bond donors (Lipinski definition) is 1. The molecule has 3 aliphatic rings. The molecule has 0 bridgehead atoms. The highest BCUT2D eigenvalue weighted by Gasteiger charge is 2.29. The average Bonchev–Trinajstić information content (AvgIpc) is 3.28. The summed E-state index contributed by atoms with van der Waals surface area (Å²) >= 11 is 0. The number of anilines is 2. The van der Waals surface area contributed by atoms with Gasteiger partial charge in [-0.05, 0) is 50.9 Å². The minimum absolute atomic E-state index is 0.0332. The maximum atomic E-state index is 13.2. The first kappa shape index (κ1) is 21.8. The summed E-state index contributed by atoms with van der Waals surface area (Å²) in [6.07, 6.45) is 4.14. The molecule has 2 saturated heterocycles. The minimum Gasteiger partial charge on any atom is -0.373 e. The fourth-order valence-electron chi connectivity index (χ4n) is 5.22. The van der Waals surface area contributed by atoms with Gasteiger partial charge in [-0.25, -0.2) is 9.97 Å². The number of piperidine rings is 1. The molecular formula is C25H32N6O2. The van der Waals surface area contributed by atoms with Gasteiger partial charge in [0.05, 0.1) is 5.69 Å². The topological polar surface area (TPSA) is 81.7 Å². The van der Waals surface area contributed by atoms with Crippen molar-refractivity contribution in [2.45, 2.75) is 44.6 Å². The molecule has 2 fully saturated rings. The first-order valence-electron chi connectivity index (χ1n) is 12.0. The van der Waals surface area contributed by atoms with Gasteiger partial charge in [0.2, 0.25) is 5.91 Å². The van der Waals surface area contributed by atoms with Crippen molar-refractivity contribution in [2.75, 3.05) is 50.5 Å². The van der Waals surface area contributed by atoms with E-state index in [2.05, 4.69) is 17.3 Å². The summed E-state index contributed by atoms with van der Waals surface area (Å²) < 4.78 is 0. The van der Waals surface area contributed by atoms with Crippen LogP contribution in [0, 0.1) is 0 Å². The number of rotatable bonds is 4. The quantitative estimate of drug-likeness (QED) is 0.775. The summed E-state index contributed by atoms with van der Waals surface area (Å²) in [6.45, 7) is 3.98. The van der Waals surface area contributed by atoms with Crippen molar-refractivity contribution in [3.8, 4) is 0 Å². The zero-order valence-corrected chi connectivity index (χ0v) is 19.5. The Morgan fingerprint density at radius 3 is 2.64 bits per heavy atom. The molecule has 2 aromatic rings. The third-order valence-electron chi connectivity index (χ3n) is 7.14. The highest BCUT2D eigenvalue weighted by molar-refractivity contribution is 5.99. The second-order valence-electron chi connectivity index (χ2n) is 9.36. The number of likely N-dealkylation sites (tertiary alicyclic amines) is 1. The molecule has 1 aromatic heterocycles. The Labute approximate surface area is 195 Å². The molecular weight excluding hydrogens is 416 g/mol. The Morgan fingerprint density at radius 1 is 1.09 bits per heavy atom. The van der Waals surface area contributed by atoms with Gasteiger partial charge >= 0.3 is 0 Å². The Balaban J connectivity index is 1.27. The van der Waals surface area contributed by atoms with Crippen molar-refractivity contribution in [3.05, 3.63) is 46.9 Å².